The number of nitrogens with one attached hydrogen (secondary N) is 1. The Kier molecular flexibility index (Phi) is 3.42. The standard InChI is InChI=1S/C15H18N2O3/c18-14(17-8-11-3-1-2-6-16-11)12-9-4-5-10(7-9)13(12)15(19)20/h1-3,6,9-10,12-13H,4-5,7-8H2,(H,17,18)(H,19,20)/t9-,10-,12+,13-/m0/s1. The molecule has 1 aromatic heterocycles. The molecule has 5 nitrogen and oxygen atoms in total. The molecule has 0 aromatic carbocycles. The van der Waals surface area contributed by atoms with Crippen LogP contribution in [-0.2, 0) is 16.1 Å². The van der Waals surface area contributed by atoms with E-state index in [0.717, 1.165) is 25.0 Å². The van der Waals surface area contributed by atoms with Crippen molar-refractivity contribution in [2.45, 2.75) is 25.8 Å². The topological polar surface area (TPSA) is 79.3 Å². The highest BCUT2D eigenvalue weighted by atomic mass is 16.4. The highest BCUT2D eigenvalue weighted by Gasteiger charge is 2.53. The monoisotopic (exact) mass is 274 g/mol. The molecule has 2 fully saturated rings. The number of pyridine rings is 1. The van der Waals surface area contributed by atoms with Crippen molar-refractivity contribution in [2.75, 3.05) is 0 Å². The average Bonchev–Trinajstić information content (AvgIpc) is 3.06. The number of aromatic nitrogens is 1. The number of rotatable bonds is 4. The Hall–Kier alpha value is -1.91. The number of amides is 1. The number of hydrogen-bond acceptors (Lipinski definition) is 3. The molecule has 2 N–H and O–H groups in total. The van der Waals surface area contributed by atoms with Crippen LogP contribution in [0.3, 0.4) is 0 Å². The predicted molar refractivity (Wildman–Crippen MR) is 71.5 cm³/mol. The van der Waals surface area contributed by atoms with Gasteiger partial charge in [0.15, 0.2) is 0 Å². The van der Waals surface area contributed by atoms with E-state index in [0.29, 0.717) is 6.54 Å². The fourth-order valence-electron chi connectivity index (χ4n) is 3.82. The van der Waals surface area contributed by atoms with Crippen molar-refractivity contribution in [3.05, 3.63) is 30.1 Å². The van der Waals surface area contributed by atoms with Crippen LogP contribution in [0.1, 0.15) is 25.0 Å². The molecule has 1 heterocycles. The van der Waals surface area contributed by atoms with E-state index in [4.69, 9.17) is 0 Å². The Morgan fingerprint density at radius 1 is 1.25 bits per heavy atom. The molecule has 0 spiro atoms. The van der Waals surface area contributed by atoms with E-state index in [2.05, 4.69) is 10.3 Å². The molecule has 2 bridgehead atoms. The SMILES string of the molecule is O=C(NCc1ccccn1)[C@@H]1[C@H]2CC[C@@H](C2)[C@@H]1C(=O)O. The third kappa shape index (κ3) is 2.28. The van der Waals surface area contributed by atoms with Crippen molar-refractivity contribution < 1.29 is 14.7 Å². The molecule has 0 aliphatic heterocycles. The number of hydrogen-bond donors (Lipinski definition) is 2. The second-order valence-electron chi connectivity index (χ2n) is 5.76. The fraction of sp³-hybridized carbons (Fsp3) is 0.533. The second kappa shape index (κ2) is 5.23. The Morgan fingerprint density at radius 3 is 2.65 bits per heavy atom. The van der Waals surface area contributed by atoms with Gasteiger partial charge in [-0.15, -0.1) is 0 Å². The molecule has 2 saturated carbocycles. The summed E-state index contributed by atoms with van der Waals surface area (Å²) in [6, 6.07) is 5.53. The van der Waals surface area contributed by atoms with Gasteiger partial charge in [-0.05, 0) is 43.2 Å². The highest BCUT2D eigenvalue weighted by molar-refractivity contribution is 5.86. The van der Waals surface area contributed by atoms with Crippen LogP contribution in [0, 0.1) is 23.7 Å². The van der Waals surface area contributed by atoms with Crippen molar-refractivity contribution in [1.82, 2.24) is 10.3 Å². The number of nitrogens with zero attached hydrogens (tertiary/aromatic N) is 1. The number of fused-ring (bicyclic) bond motifs is 2. The molecule has 106 valence electrons. The molecule has 0 radical (unpaired) electrons. The van der Waals surface area contributed by atoms with E-state index in [1.807, 2.05) is 18.2 Å². The number of aliphatic carboxylic acids is 1. The molecule has 4 atom stereocenters. The minimum Gasteiger partial charge on any atom is -0.481 e. The Balaban J connectivity index is 1.66. The van der Waals surface area contributed by atoms with Crippen LogP contribution in [0.15, 0.2) is 24.4 Å². The second-order valence-corrected chi connectivity index (χ2v) is 5.76. The van der Waals surface area contributed by atoms with Crippen LogP contribution in [0.2, 0.25) is 0 Å². The maximum atomic E-state index is 12.3. The zero-order valence-corrected chi connectivity index (χ0v) is 11.2. The fourth-order valence-corrected chi connectivity index (χ4v) is 3.82. The predicted octanol–water partition coefficient (Wildman–Crippen LogP) is 1.44. The molecule has 0 unspecified atom stereocenters. The third-order valence-electron chi connectivity index (χ3n) is 4.67. The minimum atomic E-state index is -0.824. The van der Waals surface area contributed by atoms with E-state index in [-0.39, 0.29) is 23.7 Å². The van der Waals surface area contributed by atoms with E-state index < -0.39 is 11.9 Å². The van der Waals surface area contributed by atoms with Crippen molar-refractivity contribution in [3.8, 4) is 0 Å². The van der Waals surface area contributed by atoms with Crippen LogP contribution in [0.25, 0.3) is 0 Å². The summed E-state index contributed by atoms with van der Waals surface area (Å²) in [5, 5.41) is 12.2. The van der Waals surface area contributed by atoms with Crippen LogP contribution < -0.4 is 5.32 Å². The zero-order valence-electron chi connectivity index (χ0n) is 11.2. The maximum absolute atomic E-state index is 12.3. The molecule has 3 rings (SSSR count). The molecule has 5 heteroatoms. The number of carboxylic acid groups (broad SMARTS) is 1. The molecule has 2 aliphatic carbocycles. The first kappa shape index (κ1) is 13.1. The van der Waals surface area contributed by atoms with Gasteiger partial charge in [0, 0.05) is 6.20 Å². The minimum absolute atomic E-state index is 0.129. The first-order chi connectivity index (χ1) is 9.66. The number of carbonyl (C=O) groups is 2. The van der Waals surface area contributed by atoms with E-state index in [1.165, 1.54) is 0 Å². The van der Waals surface area contributed by atoms with Gasteiger partial charge in [-0.1, -0.05) is 6.07 Å². The average molecular weight is 274 g/mol. The summed E-state index contributed by atoms with van der Waals surface area (Å²) in [5.41, 5.74) is 0.788. The lowest BCUT2D eigenvalue weighted by atomic mass is 9.78. The molecule has 0 saturated heterocycles. The van der Waals surface area contributed by atoms with Gasteiger partial charge in [0.25, 0.3) is 0 Å². The van der Waals surface area contributed by atoms with Gasteiger partial charge in [0.2, 0.25) is 5.91 Å². The Bertz CT molecular complexity index is 517. The molecule has 20 heavy (non-hydrogen) atoms. The summed E-state index contributed by atoms with van der Waals surface area (Å²) in [6.07, 6.45) is 4.50. The molecule has 1 amide bonds. The highest BCUT2D eigenvalue weighted by Crippen LogP contribution is 2.52. The smallest absolute Gasteiger partial charge is 0.307 e. The Morgan fingerprint density at radius 2 is 2.00 bits per heavy atom. The van der Waals surface area contributed by atoms with Crippen LogP contribution in [-0.4, -0.2) is 22.0 Å². The first-order valence-corrected chi connectivity index (χ1v) is 7.07. The van der Waals surface area contributed by atoms with Gasteiger partial charge >= 0.3 is 5.97 Å². The molecular formula is C15H18N2O3. The van der Waals surface area contributed by atoms with Gasteiger partial charge in [0.1, 0.15) is 0 Å². The summed E-state index contributed by atoms with van der Waals surface area (Å²) in [4.78, 5) is 27.9. The van der Waals surface area contributed by atoms with Gasteiger partial charge in [-0.3, -0.25) is 14.6 Å². The summed E-state index contributed by atoms with van der Waals surface area (Å²) in [7, 11) is 0. The molecule has 2 aliphatic rings. The molecule has 1 aromatic rings. The summed E-state index contributed by atoms with van der Waals surface area (Å²) in [6.45, 7) is 0.361. The quantitative estimate of drug-likeness (QED) is 0.871. The van der Waals surface area contributed by atoms with Crippen molar-refractivity contribution in [1.29, 1.82) is 0 Å². The largest absolute Gasteiger partial charge is 0.481 e. The maximum Gasteiger partial charge on any atom is 0.307 e. The third-order valence-corrected chi connectivity index (χ3v) is 4.67. The van der Waals surface area contributed by atoms with Crippen LogP contribution in [0.5, 0.6) is 0 Å². The van der Waals surface area contributed by atoms with Gasteiger partial charge in [-0.25, -0.2) is 0 Å². The summed E-state index contributed by atoms with van der Waals surface area (Å²) in [5.74, 6) is -1.40. The lowest BCUT2D eigenvalue weighted by molar-refractivity contribution is -0.149. The van der Waals surface area contributed by atoms with Crippen LogP contribution in [0.4, 0.5) is 0 Å². The van der Waals surface area contributed by atoms with Gasteiger partial charge in [0.05, 0.1) is 24.1 Å². The van der Waals surface area contributed by atoms with E-state index in [9.17, 15) is 14.7 Å². The zero-order chi connectivity index (χ0) is 14.1. The summed E-state index contributed by atoms with van der Waals surface area (Å²) >= 11 is 0. The lowest BCUT2D eigenvalue weighted by Crippen LogP contribution is -2.41. The first-order valence-electron chi connectivity index (χ1n) is 7.07. The van der Waals surface area contributed by atoms with Gasteiger partial charge < -0.3 is 10.4 Å². The number of carbonyl (C=O) groups excluding carboxylic acids is 1. The normalized spacial score (nSPS) is 31.2. The van der Waals surface area contributed by atoms with Crippen molar-refractivity contribution in [2.24, 2.45) is 23.7 Å². The van der Waals surface area contributed by atoms with Crippen molar-refractivity contribution >= 4 is 11.9 Å². The summed E-state index contributed by atoms with van der Waals surface area (Å²) < 4.78 is 0. The van der Waals surface area contributed by atoms with E-state index >= 15 is 0 Å². The lowest BCUT2D eigenvalue weighted by Gasteiger charge is -2.26. The van der Waals surface area contributed by atoms with Gasteiger partial charge in [-0.2, -0.15) is 0 Å². The van der Waals surface area contributed by atoms with E-state index in [1.54, 1.807) is 6.20 Å². The molecular weight excluding hydrogens is 256 g/mol. The number of carboxylic acids is 1. The van der Waals surface area contributed by atoms with Crippen LogP contribution >= 0.6 is 0 Å². The Labute approximate surface area is 117 Å². The van der Waals surface area contributed by atoms with Crippen molar-refractivity contribution in [3.63, 3.8) is 0 Å².